The highest BCUT2D eigenvalue weighted by Crippen LogP contribution is 2.39. The number of hydrogen-bond donors (Lipinski definition) is 0. The van der Waals surface area contributed by atoms with Crippen LogP contribution in [0.4, 0.5) is 26.3 Å². The Kier molecular flexibility index (Phi) is 5.49. The Labute approximate surface area is 125 Å². The molecule has 1 heterocycles. The Bertz CT molecular complexity index is 558. The van der Waals surface area contributed by atoms with E-state index in [-0.39, 0.29) is 0 Å². The molecule has 1 rings (SSSR count). The third kappa shape index (κ3) is 4.65. The van der Waals surface area contributed by atoms with Gasteiger partial charge in [-0.1, -0.05) is 0 Å². The third-order valence-electron chi connectivity index (χ3n) is 2.38. The van der Waals surface area contributed by atoms with Crippen molar-refractivity contribution in [2.24, 2.45) is 0 Å². The summed E-state index contributed by atoms with van der Waals surface area (Å²) in [5.41, 5.74) is -3.14. The predicted octanol–water partition coefficient (Wildman–Crippen LogP) is 3.45. The van der Waals surface area contributed by atoms with Crippen LogP contribution >= 0.6 is 11.6 Å². The standard InChI is InChI=1S/C11H8ClF6NO3/c1-21-7(20)2-5-4-19-9(10(13,14)15)6(3-12)8(5)22-11(16,17)18/h4H,2-3H2,1H3. The van der Waals surface area contributed by atoms with Crippen LogP contribution in [0.1, 0.15) is 16.8 Å². The van der Waals surface area contributed by atoms with Gasteiger partial charge >= 0.3 is 18.5 Å². The first-order valence-electron chi connectivity index (χ1n) is 5.46. The summed E-state index contributed by atoms with van der Waals surface area (Å²) in [6, 6.07) is 0. The number of aromatic nitrogens is 1. The molecular weight excluding hydrogens is 344 g/mol. The molecule has 0 saturated heterocycles. The average Bonchev–Trinajstić information content (AvgIpc) is 2.37. The summed E-state index contributed by atoms with van der Waals surface area (Å²) >= 11 is 5.31. The number of carbonyl (C=O) groups is 1. The van der Waals surface area contributed by atoms with E-state index in [1.54, 1.807) is 0 Å². The molecule has 0 aliphatic rings. The summed E-state index contributed by atoms with van der Waals surface area (Å²) in [6.45, 7) is 0. The summed E-state index contributed by atoms with van der Waals surface area (Å²) in [5, 5.41) is 0. The first kappa shape index (κ1) is 18.3. The fourth-order valence-corrected chi connectivity index (χ4v) is 1.79. The zero-order valence-electron chi connectivity index (χ0n) is 10.8. The van der Waals surface area contributed by atoms with Crippen molar-refractivity contribution in [2.45, 2.75) is 24.8 Å². The number of halogens is 7. The number of pyridine rings is 1. The SMILES string of the molecule is COC(=O)Cc1cnc(C(F)(F)F)c(CCl)c1OC(F)(F)F. The van der Waals surface area contributed by atoms with E-state index in [2.05, 4.69) is 14.5 Å². The van der Waals surface area contributed by atoms with Crippen LogP contribution in [0.2, 0.25) is 0 Å². The van der Waals surface area contributed by atoms with E-state index in [9.17, 15) is 31.1 Å². The Morgan fingerprint density at radius 3 is 2.27 bits per heavy atom. The molecule has 0 radical (unpaired) electrons. The maximum Gasteiger partial charge on any atom is 0.573 e. The van der Waals surface area contributed by atoms with Crippen molar-refractivity contribution in [3.63, 3.8) is 0 Å². The summed E-state index contributed by atoms with van der Waals surface area (Å²) in [7, 11) is 0.965. The molecule has 0 fully saturated rings. The number of carbonyl (C=O) groups excluding carboxylic acids is 1. The molecule has 11 heteroatoms. The van der Waals surface area contributed by atoms with Gasteiger partial charge in [0.25, 0.3) is 0 Å². The minimum Gasteiger partial charge on any atom is -0.469 e. The molecule has 0 saturated carbocycles. The second kappa shape index (κ2) is 6.59. The molecule has 0 N–H and O–H groups in total. The van der Waals surface area contributed by atoms with Gasteiger partial charge < -0.3 is 9.47 Å². The average molecular weight is 352 g/mol. The molecule has 1 aromatic heterocycles. The van der Waals surface area contributed by atoms with Gasteiger partial charge in [-0.2, -0.15) is 13.2 Å². The van der Waals surface area contributed by atoms with Crippen molar-refractivity contribution in [1.29, 1.82) is 0 Å². The molecular formula is C11H8ClF6NO3. The largest absolute Gasteiger partial charge is 0.573 e. The smallest absolute Gasteiger partial charge is 0.469 e. The van der Waals surface area contributed by atoms with Crippen molar-refractivity contribution >= 4 is 17.6 Å². The minimum atomic E-state index is -5.27. The lowest BCUT2D eigenvalue weighted by molar-refractivity contribution is -0.275. The number of ether oxygens (including phenoxy) is 2. The van der Waals surface area contributed by atoms with Gasteiger partial charge in [0.1, 0.15) is 5.75 Å². The van der Waals surface area contributed by atoms with Crippen molar-refractivity contribution in [3.05, 3.63) is 23.0 Å². The fourth-order valence-electron chi connectivity index (χ4n) is 1.55. The van der Waals surface area contributed by atoms with E-state index in [1.807, 2.05) is 0 Å². The van der Waals surface area contributed by atoms with Gasteiger partial charge in [-0.3, -0.25) is 9.78 Å². The van der Waals surface area contributed by atoms with Crippen LogP contribution in [-0.4, -0.2) is 24.4 Å². The van der Waals surface area contributed by atoms with Gasteiger partial charge in [0.2, 0.25) is 0 Å². The number of rotatable bonds is 4. The lowest BCUT2D eigenvalue weighted by Crippen LogP contribution is -2.22. The van der Waals surface area contributed by atoms with Crippen LogP contribution < -0.4 is 4.74 Å². The zero-order chi connectivity index (χ0) is 17.1. The van der Waals surface area contributed by atoms with Gasteiger partial charge in [-0.15, -0.1) is 24.8 Å². The Morgan fingerprint density at radius 1 is 1.27 bits per heavy atom. The second-order valence-electron chi connectivity index (χ2n) is 3.87. The molecule has 0 spiro atoms. The first-order valence-corrected chi connectivity index (χ1v) is 5.99. The summed E-state index contributed by atoms with van der Waals surface area (Å²) < 4.78 is 83.3. The number of esters is 1. The lowest BCUT2D eigenvalue weighted by atomic mass is 10.1. The summed E-state index contributed by atoms with van der Waals surface area (Å²) in [5.74, 6) is -3.12. The van der Waals surface area contributed by atoms with Crippen LogP contribution in [0.25, 0.3) is 0 Å². The number of alkyl halides is 7. The quantitative estimate of drug-likeness (QED) is 0.473. The Hall–Kier alpha value is -1.71. The maximum atomic E-state index is 12.8. The maximum absolute atomic E-state index is 12.8. The molecule has 4 nitrogen and oxygen atoms in total. The summed E-state index contributed by atoms with van der Waals surface area (Å²) in [4.78, 5) is 14.2. The number of methoxy groups -OCH3 is 1. The van der Waals surface area contributed by atoms with Crippen molar-refractivity contribution in [2.75, 3.05) is 7.11 Å². The predicted molar refractivity (Wildman–Crippen MR) is 61.2 cm³/mol. The zero-order valence-corrected chi connectivity index (χ0v) is 11.6. The van der Waals surface area contributed by atoms with E-state index in [0.717, 1.165) is 7.11 Å². The van der Waals surface area contributed by atoms with E-state index in [1.165, 1.54) is 0 Å². The summed E-state index contributed by atoms with van der Waals surface area (Å²) in [6.07, 6.45) is -10.6. The molecule has 0 aliphatic heterocycles. The molecule has 0 bridgehead atoms. The number of hydrogen-bond acceptors (Lipinski definition) is 4. The van der Waals surface area contributed by atoms with Gasteiger partial charge in [-0.25, -0.2) is 0 Å². The molecule has 0 aliphatic carbocycles. The molecule has 124 valence electrons. The highest BCUT2D eigenvalue weighted by molar-refractivity contribution is 6.17. The molecule has 22 heavy (non-hydrogen) atoms. The van der Waals surface area contributed by atoms with Gasteiger partial charge in [0.15, 0.2) is 5.69 Å². The highest BCUT2D eigenvalue weighted by atomic mass is 35.5. The van der Waals surface area contributed by atoms with Crippen LogP contribution in [0.15, 0.2) is 6.20 Å². The van der Waals surface area contributed by atoms with E-state index in [0.29, 0.717) is 6.20 Å². The normalized spacial score (nSPS) is 12.2. The topological polar surface area (TPSA) is 48.4 Å². The molecule has 0 unspecified atom stereocenters. The van der Waals surface area contributed by atoms with E-state index >= 15 is 0 Å². The van der Waals surface area contributed by atoms with Crippen molar-refractivity contribution in [1.82, 2.24) is 4.98 Å². The lowest BCUT2D eigenvalue weighted by Gasteiger charge is -2.19. The van der Waals surface area contributed by atoms with Gasteiger partial charge in [-0.05, 0) is 0 Å². The van der Waals surface area contributed by atoms with Crippen molar-refractivity contribution < 1.29 is 40.6 Å². The fraction of sp³-hybridized carbons (Fsp3) is 0.455. The molecule has 0 amide bonds. The number of nitrogens with zero attached hydrogens (tertiary/aromatic N) is 1. The van der Waals surface area contributed by atoms with Crippen LogP contribution in [0.3, 0.4) is 0 Å². The third-order valence-corrected chi connectivity index (χ3v) is 2.65. The molecule has 0 atom stereocenters. The highest BCUT2D eigenvalue weighted by Gasteiger charge is 2.40. The van der Waals surface area contributed by atoms with Crippen LogP contribution in [0, 0.1) is 0 Å². The van der Waals surface area contributed by atoms with Crippen LogP contribution in [-0.2, 0) is 28.0 Å². The van der Waals surface area contributed by atoms with E-state index < -0.39 is 53.4 Å². The first-order chi connectivity index (χ1) is 9.99. The second-order valence-corrected chi connectivity index (χ2v) is 4.14. The molecule has 1 aromatic rings. The van der Waals surface area contributed by atoms with Gasteiger partial charge in [0.05, 0.1) is 19.4 Å². The van der Waals surface area contributed by atoms with Gasteiger partial charge in [0, 0.05) is 17.3 Å². The van der Waals surface area contributed by atoms with E-state index in [4.69, 9.17) is 11.6 Å². The minimum absolute atomic E-state index is 0.469. The monoisotopic (exact) mass is 351 g/mol. The van der Waals surface area contributed by atoms with Crippen LogP contribution in [0.5, 0.6) is 5.75 Å². The molecule has 0 aromatic carbocycles. The Morgan fingerprint density at radius 2 is 1.86 bits per heavy atom. The Balaban J connectivity index is 3.49. The van der Waals surface area contributed by atoms with Crippen molar-refractivity contribution in [3.8, 4) is 5.75 Å².